The molecule has 1 rings (SSSR count). The van der Waals surface area contributed by atoms with Crippen LogP contribution in [0, 0.1) is 18.8 Å². The number of aliphatic hydroxyl groups is 1. The van der Waals surface area contributed by atoms with Gasteiger partial charge in [-0.3, -0.25) is 0 Å². The minimum absolute atomic E-state index is 0.308. The zero-order valence-electron chi connectivity index (χ0n) is 11.2. The summed E-state index contributed by atoms with van der Waals surface area (Å²) in [7, 11) is 0. The Kier molecular flexibility index (Phi) is 5.48. The first kappa shape index (κ1) is 14.5. The maximum Gasteiger partial charge on any atom is 0.0606 e. The molecule has 0 spiro atoms. The first-order valence-electron chi connectivity index (χ1n) is 6.33. The molecule has 2 unspecified atom stereocenters. The average Bonchev–Trinajstić information content (AvgIpc) is 2.21. The Hall–Kier alpha value is -0.530. The highest BCUT2D eigenvalue weighted by Gasteiger charge is 2.17. The predicted octanol–water partition coefficient (Wildman–Crippen LogP) is 4.23. The van der Waals surface area contributed by atoms with E-state index in [1.165, 1.54) is 0 Å². The number of rotatable bonds is 5. The summed E-state index contributed by atoms with van der Waals surface area (Å²) in [5.74, 6) is 0.931. The Balaban J connectivity index is 2.64. The monoisotopic (exact) mass is 254 g/mol. The molecule has 96 valence electrons. The molecule has 0 aliphatic heterocycles. The number of aliphatic hydroxyl groups excluding tert-OH is 1. The first-order valence-corrected chi connectivity index (χ1v) is 6.71. The molecule has 1 aromatic carbocycles. The molecule has 0 saturated carbocycles. The molecular weight excluding hydrogens is 232 g/mol. The zero-order valence-corrected chi connectivity index (χ0v) is 12.0. The van der Waals surface area contributed by atoms with Crippen molar-refractivity contribution in [2.45, 2.75) is 46.6 Å². The Morgan fingerprint density at radius 2 is 1.88 bits per heavy atom. The van der Waals surface area contributed by atoms with E-state index in [9.17, 15) is 5.11 Å². The Labute approximate surface area is 110 Å². The van der Waals surface area contributed by atoms with Crippen LogP contribution < -0.4 is 0 Å². The summed E-state index contributed by atoms with van der Waals surface area (Å²) < 4.78 is 0. The van der Waals surface area contributed by atoms with Gasteiger partial charge in [0.1, 0.15) is 0 Å². The summed E-state index contributed by atoms with van der Waals surface area (Å²) in [4.78, 5) is 0. The van der Waals surface area contributed by atoms with E-state index in [-0.39, 0.29) is 6.10 Å². The quantitative estimate of drug-likeness (QED) is 0.834. The van der Waals surface area contributed by atoms with Gasteiger partial charge in [0.25, 0.3) is 0 Å². The molecule has 0 aromatic heterocycles. The van der Waals surface area contributed by atoms with Gasteiger partial charge in [-0.2, -0.15) is 0 Å². The van der Waals surface area contributed by atoms with Crippen molar-refractivity contribution in [1.82, 2.24) is 0 Å². The molecule has 0 heterocycles. The second-order valence-electron chi connectivity index (χ2n) is 5.47. The molecule has 1 N–H and O–H groups in total. The lowest BCUT2D eigenvalue weighted by atomic mass is 9.90. The fourth-order valence-corrected chi connectivity index (χ4v) is 2.46. The maximum absolute atomic E-state index is 10.2. The van der Waals surface area contributed by atoms with Gasteiger partial charge in [-0.05, 0) is 42.4 Å². The highest BCUT2D eigenvalue weighted by Crippen LogP contribution is 2.23. The van der Waals surface area contributed by atoms with Gasteiger partial charge in [0.05, 0.1) is 6.10 Å². The third-order valence-corrected chi connectivity index (χ3v) is 3.49. The van der Waals surface area contributed by atoms with Gasteiger partial charge < -0.3 is 5.11 Å². The van der Waals surface area contributed by atoms with Gasteiger partial charge in [-0.1, -0.05) is 44.5 Å². The molecule has 0 amide bonds. The van der Waals surface area contributed by atoms with E-state index in [1.807, 2.05) is 25.1 Å². The summed E-state index contributed by atoms with van der Waals surface area (Å²) in [6.45, 7) is 8.49. The summed E-state index contributed by atoms with van der Waals surface area (Å²) in [6, 6.07) is 6.01. The predicted molar refractivity (Wildman–Crippen MR) is 74.5 cm³/mol. The molecule has 0 aliphatic rings. The molecule has 0 radical (unpaired) electrons. The van der Waals surface area contributed by atoms with Crippen LogP contribution in [0.2, 0.25) is 5.02 Å². The van der Waals surface area contributed by atoms with Gasteiger partial charge in [0, 0.05) is 11.4 Å². The van der Waals surface area contributed by atoms with E-state index in [0.717, 1.165) is 22.6 Å². The highest BCUT2D eigenvalue weighted by molar-refractivity contribution is 6.31. The van der Waals surface area contributed by atoms with E-state index in [0.29, 0.717) is 18.3 Å². The Morgan fingerprint density at radius 1 is 1.24 bits per heavy atom. The van der Waals surface area contributed by atoms with Crippen molar-refractivity contribution in [3.63, 3.8) is 0 Å². The topological polar surface area (TPSA) is 20.2 Å². The Morgan fingerprint density at radius 3 is 2.41 bits per heavy atom. The minimum atomic E-state index is -0.308. The van der Waals surface area contributed by atoms with E-state index < -0.39 is 0 Å². The molecular formula is C15H23ClO. The number of benzene rings is 1. The van der Waals surface area contributed by atoms with Crippen LogP contribution in [0.3, 0.4) is 0 Å². The molecule has 1 aromatic rings. The van der Waals surface area contributed by atoms with Crippen molar-refractivity contribution in [2.75, 3.05) is 0 Å². The van der Waals surface area contributed by atoms with Crippen molar-refractivity contribution in [3.8, 4) is 0 Å². The maximum atomic E-state index is 10.2. The molecule has 0 bridgehead atoms. The highest BCUT2D eigenvalue weighted by atomic mass is 35.5. The van der Waals surface area contributed by atoms with E-state index in [2.05, 4.69) is 20.8 Å². The molecule has 0 saturated heterocycles. The summed E-state index contributed by atoms with van der Waals surface area (Å²) in [5.41, 5.74) is 2.20. The molecule has 17 heavy (non-hydrogen) atoms. The van der Waals surface area contributed by atoms with E-state index in [4.69, 9.17) is 11.6 Å². The fraction of sp³-hybridized carbons (Fsp3) is 0.600. The lowest BCUT2D eigenvalue weighted by Gasteiger charge is -2.21. The lowest BCUT2D eigenvalue weighted by molar-refractivity contribution is 0.105. The van der Waals surface area contributed by atoms with Gasteiger partial charge in [0.2, 0.25) is 0 Å². The van der Waals surface area contributed by atoms with Gasteiger partial charge in [-0.25, -0.2) is 0 Å². The molecule has 0 fully saturated rings. The molecule has 0 aliphatic carbocycles. The number of aryl methyl sites for hydroxylation is 1. The molecule has 2 atom stereocenters. The smallest absolute Gasteiger partial charge is 0.0606 e. The van der Waals surface area contributed by atoms with Crippen LogP contribution in [0.5, 0.6) is 0 Å². The molecule has 1 nitrogen and oxygen atoms in total. The van der Waals surface area contributed by atoms with Crippen LogP contribution in [-0.2, 0) is 6.42 Å². The van der Waals surface area contributed by atoms with Crippen LogP contribution in [0.25, 0.3) is 0 Å². The largest absolute Gasteiger partial charge is 0.393 e. The average molecular weight is 255 g/mol. The Bertz CT molecular complexity index is 360. The van der Waals surface area contributed by atoms with E-state index >= 15 is 0 Å². The van der Waals surface area contributed by atoms with E-state index in [1.54, 1.807) is 0 Å². The number of hydrogen-bond donors (Lipinski definition) is 1. The summed E-state index contributed by atoms with van der Waals surface area (Å²) in [6.07, 6.45) is 1.38. The third-order valence-electron chi connectivity index (χ3n) is 3.14. The van der Waals surface area contributed by atoms with Crippen molar-refractivity contribution in [2.24, 2.45) is 11.8 Å². The van der Waals surface area contributed by atoms with Gasteiger partial charge >= 0.3 is 0 Å². The van der Waals surface area contributed by atoms with Crippen LogP contribution in [-0.4, -0.2) is 11.2 Å². The number of halogens is 1. The summed E-state index contributed by atoms with van der Waals surface area (Å²) >= 11 is 6.17. The second-order valence-corrected chi connectivity index (χ2v) is 5.88. The zero-order chi connectivity index (χ0) is 13.0. The van der Waals surface area contributed by atoms with Crippen molar-refractivity contribution < 1.29 is 5.11 Å². The lowest BCUT2D eigenvalue weighted by Crippen LogP contribution is -2.22. The summed E-state index contributed by atoms with van der Waals surface area (Å²) in [5, 5.41) is 10.9. The minimum Gasteiger partial charge on any atom is -0.393 e. The van der Waals surface area contributed by atoms with Gasteiger partial charge in [0.15, 0.2) is 0 Å². The molecule has 2 heteroatoms. The van der Waals surface area contributed by atoms with Crippen LogP contribution in [0.15, 0.2) is 18.2 Å². The van der Waals surface area contributed by atoms with Crippen LogP contribution in [0.1, 0.15) is 38.3 Å². The fourth-order valence-electron chi connectivity index (χ4n) is 2.15. The number of hydrogen-bond acceptors (Lipinski definition) is 1. The first-order chi connectivity index (χ1) is 7.90. The third kappa shape index (κ3) is 4.69. The second kappa shape index (κ2) is 6.42. The van der Waals surface area contributed by atoms with Gasteiger partial charge in [-0.15, -0.1) is 0 Å². The van der Waals surface area contributed by atoms with Crippen molar-refractivity contribution >= 4 is 11.6 Å². The normalized spacial score (nSPS) is 15.0. The van der Waals surface area contributed by atoms with Crippen LogP contribution >= 0.6 is 11.6 Å². The van der Waals surface area contributed by atoms with Crippen LogP contribution in [0.4, 0.5) is 0 Å². The van der Waals surface area contributed by atoms with Crippen molar-refractivity contribution in [1.29, 1.82) is 0 Å². The SMILES string of the molecule is Cc1ccc(CC(O)C(C)CC(C)C)c(Cl)c1. The standard InChI is InChI=1S/C15H23ClO/c1-10(2)7-12(4)15(17)9-13-6-5-11(3)8-14(13)16/h5-6,8,10,12,15,17H,7,9H2,1-4H3. The van der Waals surface area contributed by atoms with Crippen molar-refractivity contribution in [3.05, 3.63) is 34.3 Å².